The van der Waals surface area contributed by atoms with Gasteiger partial charge in [-0.25, -0.2) is 9.59 Å². The summed E-state index contributed by atoms with van der Waals surface area (Å²) >= 11 is 0. The highest BCUT2D eigenvalue weighted by molar-refractivity contribution is 5.61. The van der Waals surface area contributed by atoms with Crippen LogP contribution in [0.25, 0.3) is 0 Å². The summed E-state index contributed by atoms with van der Waals surface area (Å²) in [5.41, 5.74) is 2.38. The van der Waals surface area contributed by atoms with E-state index in [4.69, 9.17) is 0 Å². The van der Waals surface area contributed by atoms with Crippen LogP contribution in [0, 0.1) is 12.3 Å². The summed E-state index contributed by atoms with van der Waals surface area (Å²) in [6, 6.07) is 4.88. The molecular formula is C18H26N2O2. The van der Waals surface area contributed by atoms with Gasteiger partial charge < -0.3 is 0 Å². The molecule has 1 rings (SSSR count). The fourth-order valence-corrected chi connectivity index (χ4v) is 2.39. The Morgan fingerprint density at radius 3 is 1.77 bits per heavy atom. The highest BCUT2D eigenvalue weighted by Gasteiger charge is 2.20. The molecule has 0 saturated heterocycles. The molecule has 4 heteroatoms. The van der Waals surface area contributed by atoms with Crippen molar-refractivity contribution in [3.8, 4) is 0 Å². The van der Waals surface area contributed by atoms with Gasteiger partial charge in [-0.3, -0.25) is 0 Å². The van der Waals surface area contributed by atoms with E-state index in [-0.39, 0.29) is 0 Å². The number of isocyanates is 2. The number of benzene rings is 1. The fraction of sp³-hybridized carbons (Fsp3) is 0.556. The lowest BCUT2D eigenvalue weighted by Gasteiger charge is -2.28. The second-order valence-corrected chi connectivity index (χ2v) is 5.29. The van der Waals surface area contributed by atoms with Gasteiger partial charge in [0.05, 0.1) is 11.4 Å². The van der Waals surface area contributed by atoms with Gasteiger partial charge in [0, 0.05) is 0 Å². The Morgan fingerprint density at radius 1 is 0.909 bits per heavy atom. The highest BCUT2D eigenvalue weighted by Crippen LogP contribution is 2.33. The van der Waals surface area contributed by atoms with Crippen molar-refractivity contribution >= 4 is 23.5 Å². The first-order chi connectivity index (χ1) is 10.5. The van der Waals surface area contributed by atoms with Crippen molar-refractivity contribution in [3.63, 3.8) is 0 Å². The number of nitrogens with zero attached hydrogens (tertiary/aromatic N) is 2. The standard InChI is InChI=1S/C9H6N2O2.C9H20/c1-7-2-3-8(10-5-12)4-9(7)11-6-13;1-5-9(6-2,7-3)8-4/h2-4H,1H3;5-8H2,1-4H3. The van der Waals surface area contributed by atoms with Gasteiger partial charge in [0.15, 0.2) is 0 Å². The number of hydrogen-bond donors (Lipinski definition) is 0. The molecule has 0 radical (unpaired) electrons. The molecule has 0 atom stereocenters. The fourth-order valence-electron chi connectivity index (χ4n) is 2.39. The Balaban J connectivity index is 0.000000433. The van der Waals surface area contributed by atoms with Crippen LogP contribution in [0.15, 0.2) is 28.2 Å². The smallest absolute Gasteiger partial charge is 0.211 e. The molecule has 0 unspecified atom stereocenters. The lowest BCUT2D eigenvalue weighted by atomic mass is 9.78. The van der Waals surface area contributed by atoms with E-state index in [1.54, 1.807) is 19.1 Å². The van der Waals surface area contributed by atoms with Crippen LogP contribution < -0.4 is 0 Å². The van der Waals surface area contributed by atoms with Gasteiger partial charge >= 0.3 is 0 Å². The van der Waals surface area contributed by atoms with Gasteiger partial charge in [-0.05, 0) is 30.0 Å². The van der Waals surface area contributed by atoms with Crippen LogP contribution in [0.3, 0.4) is 0 Å². The molecule has 0 spiro atoms. The second-order valence-electron chi connectivity index (χ2n) is 5.29. The first-order valence-corrected chi connectivity index (χ1v) is 7.78. The molecule has 0 amide bonds. The van der Waals surface area contributed by atoms with E-state index in [1.807, 2.05) is 0 Å². The highest BCUT2D eigenvalue weighted by atomic mass is 16.1. The first kappa shape index (κ1) is 20.0. The molecule has 0 N–H and O–H groups in total. The van der Waals surface area contributed by atoms with Crippen LogP contribution in [-0.4, -0.2) is 12.2 Å². The van der Waals surface area contributed by atoms with Gasteiger partial charge in [-0.1, -0.05) is 59.4 Å². The first-order valence-electron chi connectivity index (χ1n) is 7.78. The summed E-state index contributed by atoms with van der Waals surface area (Å²) in [5, 5.41) is 0. The minimum absolute atomic E-state index is 0.426. The summed E-state index contributed by atoms with van der Waals surface area (Å²) in [7, 11) is 0. The van der Waals surface area contributed by atoms with E-state index in [9.17, 15) is 9.59 Å². The van der Waals surface area contributed by atoms with Gasteiger partial charge in [0.25, 0.3) is 0 Å². The quantitative estimate of drug-likeness (QED) is 0.511. The maximum Gasteiger partial charge on any atom is 0.240 e. The predicted molar refractivity (Wildman–Crippen MR) is 90.3 cm³/mol. The van der Waals surface area contributed by atoms with E-state index in [1.165, 1.54) is 43.9 Å². The van der Waals surface area contributed by atoms with Crippen molar-refractivity contribution in [1.29, 1.82) is 0 Å². The van der Waals surface area contributed by atoms with E-state index < -0.39 is 0 Å². The lowest BCUT2D eigenvalue weighted by Crippen LogP contribution is -2.15. The third-order valence-corrected chi connectivity index (χ3v) is 4.53. The van der Waals surface area contributed by atoms with Crippen LogP contribution in [0.4, 0.5) is 11.4 Å². The summed E-state index contributed by atoms with van der Waals surface area (Å²) in [4.78, 5) is 26.8. The minimum atomic E-state index is 0.426. The van der Waals surface area contributed by atoms with Crippen molar-refractivity contribution in [1.82, 2.24) is 0 Å². The number of aliphatic imine (C=N–C) groups is 2. The maximum absolute atomic E-state index is 10.00. The summed E-state index contributed by atoms with van der Waals surface area (Å²) in [6.45, 7) is 11.0. The molecule has 120 valence electrons. The topological polar surface area (TPSA) is 58.9 Å². The zero-order valence-electron chi connectivity index (χ0n) is 14.3. The Morgan fingerprint density at radius 2 is 1.41 bits per heavy atom. The van der Waals surface area contributed by atoms with E-state index in [0.717, 1.165) is 5.56 Å². The van der Waals surface area contributed by atoms with Crippen LogP contribution in [0.5, 0.6) is 0 Å². The Labute approximate surface area is 133 Å². The molecule has 1 aromatic carbocycles. The van der Waals surface area contributed by atoms with Crippen molar-refractivity contribution < 1.29 is 9.59 Å². The second kappa shape index (κ2) is 10.7. The Kier molecular flexibility index (Phi) is 9.69. The van der Waals surface area contributed by atoms with Crippen molar-refractivity contribution in [2.24, 2.45) is 15.4 Å². The molecule has 0 fully saturated rings. The zero-order chi connectivity index (χ0) is 17.0. The molecule has 0 aliphatic heterocycles. The number of hydrogen-bond acceptors (Lipinski definition) is 4. The molecule has 4 nitrogen and oxygen atoms in total. The monoisotopic (exact) mass is 302 g/mol. The van der Waals surface area contributed by atoms with Crippen LogP contribution in [0.1, 0.15) is 58.9 Å². The van der Waals surface area contributed by atoms with Crippen LogP contribution in [0.2, 0.25) is 0 Å². The SMILES string of the molecule is CCC(CC)(CC)CC.Cc1ccc(N=C=O)cc1N=C=O. The van der Waals surface area contributed by atoms with Gasteiger partial charge in [0.1, 0.15) is 0 Å². The van der Waals surface area contributed by atoms with Gasteiger partial charge in [-0.15, -0.1) is 0 Å². The number of carbonyl (C=O) groups excluding carboxylic acids is 2. The third-order valence-electron chi connectivity index (χ3n) is 4.53. The molecule has 22 heavy (non-hydrogen) atoms. The van der Waals surface area contributed by atoms with E-state index in [2.05, 4.69) is 37.7 Å². The van der Waals surface area contributed by atoms with Crippen molar-refractivity contribution in [2.75, 3.05) is 0 Å². The minimum Gasteiger partial charge on any atom is -0.211 e. The largest absolute Gasteiger partial charge is 0.240 e. The number of aryl methyl sites for hydroxylation is 1. The van der Waals surface area contributed by atoms with Crippen molar-refractivity contribution in [3.05, 3.63) is 23.8 Å². The Bertz CT molecular complexity index is 533. The summed E-state index contributed by atoms with van der Waals surface area (Å²) < 4.78 is 0. The average Bonchev–Trinajstić information content (AvgIpc) is 2.55. The van der Waals surface area contributed by atoms with Crippen LogP contribution >= 0.6 is 0 Å². The molecule has 0 saturated carbocycles. The summed E-state index contributed by atoms with van der Waals surface area (Å²) in [5.74, 6) is 0. The molecular weight excluding hydrogens is 276 g/mol. The molecule has 1 aromatic rings. The average molecular weight is 302 g/mol. The Hall–Kier alpha value is -2.02. The lowest BCUT2D eigenvalue weighted by molar-refractivity contribution is 0.240. The predicted octanol–water partition coefficient (Wildman–Crippen LogP) is 5.54. The third kappa shape index (κ3) is 6.17. The normalized spacial score (nSPS) is 9.86. The molecule has 0 aliphatic rings. The van der Waals surface area contributed by atoms with Gasteiger partial charge in [0.2, 0.25) is 12.2 Å². The van der Waals surface area contributed by atoms with Crippen LogP contribution in [-0.2, 0) is 9.59 Å². The summed E-state index contributed by atoms with van der Waals surface area (Å²) in [6.07, 6.45) is 8.21. The molecule has 0 bridgehead atoms. The zero-order valence-corrected chi connectivity index (χ0v) is 14.3. The van der Waals surface area contributed by atoms with E-state index >= 15 is 0 Å². The molecule has 0 heterocycles. The van der Waals surface area contributed by atoms with E-state index in [0.29, 0.717) is 16.8 Å². The van der Waals surface area contributed by atoms with Crippen molar-refractivity contribution in [2.45, 2.75) is 60.3 Å². The maximum atomic E-state index is 10.00. The molecule has 0 aromatic heterocycles. The van der Waals surface area contributed by atoms with Gasteiger partial charge in [-0.2, -0.15) is 9.98 Å². The molecule has 0 aliphatic carbocycles. The number of rotatable bonds is 6.